The molecule has 1 aromatic rings. The van der Waals surface area contributed by atoms with Crippen molar-refractivity contribution in [3.05, 3.63) is 29.8 Å². The van der Waals surface area contributed by atoms with Crippen molar-refractivity contribution in [1.29, 1.82) is 0 Å². The van der Waals surface area contributed by atoms with E-state index in [0.29, 0.717) is 50.0 Å². The molecular weight excluding hydrogens is 442 g/mol. The van der Waals surface area contributed by atoms with Crippen molar-refractivity contribution in [2.24, 2.45) is 5.92 Å². The van der Waals surface area contributed by atoms with Gasteiger partial charge in [0.25, 0.3) is 5.91 Å². The van der Waals surface area contributed by atoms with Crippen LogP contribution in [0, 0.1) is 5.92 Å². The zero-order valence-corrected chi connectivity index (χ0v) is 21.1. The minimum absolute atomic E-state index is 0.00937. The number of sulfonamides is 1. The molecule has 2 amide bonds. The molecule has 3 rings (SSSR count). The Morgan fingerprint density at radius 3 is 2.03 bits per heavy atom. The number of hydrogen-bond acceptors (Lipinski definition) is 5. The highest BCUT2D eigenvalue weighted by atomic mass is 32.2. The second-order valence-electron chi connectivity index (χ2n) is 10.3. The zero-order chi connectivity index (χ0) is 24.4. The first-order valence-electron chi connectivity index (χ1n) is 11.7. The topological polar surface area (TPSA) is 105 Å². The van der Waals surface area contributed by atoms with Crippen LogP contribution in [-0.4, -0.2) is 61.2 Å². The Labute approximate surface area is 197 Å². The third kappa shape index (κ3) is 6.55. The summed E-state index contributed by atoms with van der Waals surface area (Å²) >= 11 is 0. The van der Waals surface area contributed by atoms with Crippen LogP contribution in [0.3, 0.4) is 0 Å². The summed E-state index contributed by atoms with van der Waals surface area (Å²) in [5.41, 5.74) is 1.23. The normalized spacial score (nSPS) is 26.6. The first kappa shape index (κ1) is 25.6. The lowest BCUT2D eigenvalue weighted by atomic mass is 9.86. The molecular formula is C24H37N3O5S. The Balaban J connectivity index is 1.51. The standard InChI is InChI=1S/C24H37N3O5S/c1-16-14-27(15-17(2)32-16)23(29)19-8-10-20(11-9-19)25-22(28)18-6-12-21(13-7-18)26-33(30,31)24(3,4)5/h8-11,16-18,21,26H,6-7,12-15H2,1-5H3,(H,25,28). The number of nitrogens with one attached hydrogen (secondary N) is 2. The lowest BCUT2D eigenvalue weighted by Gasteiger charge is -2.35. The summed E-state index contributed by atoms with van der Waals surface area (Å²) in [7, 11) is -3.40. The fourth-order valence-electron chi connectivity index (χ4n) is 4.34. The van der Waals surface area contributed by atoms with E-state index in [1.54, 1.807) is 49.9 Å². The fraction of sp³-hybridized carbons (Fsp3) is 0.667. The summed E-state index contributed by atoms with van der Waals surface area (Å²) in [5, 5.41) is 2.94. The number of morpholine rings is 1. The summed E-state index contributed by atoms with van der Waals surface area (Å²) in [4.78, 5) is 27.3. The van der Waals surface area contributed by atoms with Crippen molar-refractivity contribution in [3.63, 3.8) is 0 Å². The summed E-state index contributed by atoms with van der Waals surface area (Å²) in [5.74, 6) is -0.258. The predicted molar refractivity (Wildman–Crippen MR) is 129 cm³/mol. The molecule has 0 spiro atoms. The van der Waals surface area contributed by atoms with Gasteiger partial charge in [0.05, 0.1) is 17.0 Å². The van der Waals surface area contributed by atoms with Gasteiger partial charge in [0, 0.05) is 36.3 Å². The molecule has 184 valence electrons. The first-order valence-corrected chi connectivity index (χ1v) is 13.2. The second kappa shape index (κ2) is 10.1. The van der Waals surface area contributed by atoms with Crippen LogP contribution >= 0.6 is 0 Å². The van der Waals surface area contributed by atoms with Crippen molar-refractivity contribution in [1.82, 2.24) is 9.62 Å². The lowest BCUT2D eigenvalue weighted by Crippen LogP contribution is -2.48. The quantitative estimate of drug-likeness (QED) is 0.675. The van der Waals surface area contributed by atoms with Crippen LogP contribution in [0.25, 0.3) is 0 Å². The summed E-state index contributed by atoms with van der Waals surface area (Å²) in [6, 6.07) is 6.85. The van der Waals surface area contributed by atoms with E-state index in [4.69, 9.17) is 4.74 Å². The van der Waals surface area contributed by atoms with Crippen molar-refractivity contribution in [2.75, 3.05) is 18.4 Å². The summed E-state index contributed by atoms with van der Waals surface area (Å²) in [6.07, 6.45) is 2.56. The number of amides is 2. The number of carbonyl (C=O) groups is 2. The number of ether oxygens (including phenoxy) is 1. The maximum absolute atomic E-state index is 12.8. The maximum Gasteiger partial charge on any atom is 0.254 e. The summed E-state index contributed by atoms with van der Waals surface area (Å²) in [6.45, 7) is 10.1. The second-order valence-corrected chi connectivity index (χ2v) is 12.8. The number of carbonyl (C=O) groups excluding carboxylic acids is 2. The predicted octanol–water partition coefficient (Wildman–Crippen LogP) is 3.15. The van der Waals surface area contributed by atoms with Gasteiger partial charge in [0.2, 0.25) is 15.9 Å². The van der Waals surface area contributed by atoms with Gasteiger partial charge in [-0.2, -0.15) is 0 Å². The Bertz CT molecular complexity index is 937. The van der Waals surface area contributed by atoms with Crippen molar-refractivity contribution < 1.29 is 22.7 Å². The fourth-order valence-corrected chi connectivity index (χ4v) is 5.36. The van der Waals surface area contributed by atoms with Gasteiger partial charge in [0.15, 0.2) is 0 Å². The van der Waals surface area contributed by atoms with Crippen LogP contribution in [0.4, 0.5) is 5.69 Å². The molecule has 0 aromatic heterocycles. The Hall–Kier alpha value is -1.97. The lowest BCUT2D eigenvalue weighted by molar-refractivity contribution is -0.120. The average molecular weight is 480 g/mol. The highest BCUT2D eigenvalue weighted by Gasteiger charge is 2.34. The van der Waals surface area contributed by atoms with Crippen molar-refractivity contribution >= 4 is 27.5 Å². The molecule has 1 aliphatic carbocycles. The molecule has 1 aliphatic heterocycles. The molecule has 0 bridgehead atoms. The van der Waals surface area contributed by atoms with Gasteiger partial charge in [0.1, 0.15) is 0 Å². The van der Waals surface area contributed by atoms with E-state index in [2.05, 4.69) is 10.0 Å². The van der Waals surface area contributed by atoms with Gasteiger partial charge in [-0.25, -0.2) is 13.1 Å². The molecule has 1 aromatic carbocycles. The third-order valence-corrected chi connectivity index (χ3v) is 8.59. The molecule has 8 nitrogen and oxygen atoms in total. The molecule has 9 heteroatoms. The first-order chi connectivity index (χ1) is 15.4. The minimum Gasteiger partial charge on any atom is -0.372 e. The SMILES string of the molecule is CC1CN(C(=O)c2ccc(NC(=O)C3CCC(NS(=O)(=O)C(C)(C)C)CC3)cc2)CC(C)O1. The van der Waals surface area contributed by atoms with E-state index < -0.39 is 14.8 Å². The van der Waals surface area contributed by atoms with Crippen LogP contribution in [-0.2, 0) is 19.6 Å². The van der Waals surface area contributed by atoms with E-state index in [0.717, 1.165) is 0 Å². The molecule has 1 saturated carbocycles. The molecule has 1 heterocycles. The number of hydrogen-bond donors (Lipinski definition) is 2. The van der Waals surface area contributed by atoms with Gasteiger partial charge in [-0.1, -0.05) is 0 Å². The highest BCUT2D eigenvalue weighted by molar-refractivity contribution is 7.90. The molecule has 1 saturated heterocycles. The van der Waals surface area contributed by atoms with Crippen LogP contribution in [0.5, 0.6) is 0 Å². The highest BCUT2D eigenvalue weighted by Crippen LogP contribution is 2.27. The number of anilines is 1. The van der Waals surface area contributed by atoms with E-state index in [1.807, 2.05) is 13.8 Å². The smallest absolute Gasteiger partial charge is 0.254 e. The van der Waals surface area contributed by atoms with Gasteiger partial charge in [-0.15, -0.1) is 0 Å². The van der Waals surface area contributed by atoms with Crippen LogP contribution in [0.2, 0.25) is 0 Å². The van der Waals surface area contributed by atoms with Crippen molar-refractivity contribution in [2.45, 2.75) is 83.3 Å². The molecule has 2 fully saturated rings. The average Bonchev–Trinajstić information content (AvgIpc) is 2.72. The van der Waals surface area contributed by atoms with Crippen LogP contribution < -0.4 is 10.0 Å². The molecule has 2 aliphatic rings. The van der Waals surface area contributed by atoms with Crippen molar-refractivity contribution in [3.8, 4) is 0 Å². The van der Waals surface area contributed by atoms with E-state index >= 15 is 0 Å². The van der Waals surface area contributed by atoms with Gasteiger partial charge in [-0.05, 0) is 84.6 Å². The Morgan fingerprint density at radius 2 is 1.52 bits per heavy atom. The molecule has 2 N–H and O–H groups in total. The number of nitrogens with zero attached hydrogens (tertiary/aromatic N) is 1. The molecule has 0 radical (unpaired) electrons. The largest absolute Gasteiger partial charge is 0.372 e. The van der Waals surface area contributed by atoms with E-state index in [9.17, 15) is 18.0 Å². The minimum atomic E-state index is -3.40. The van der Waals surface area contributed by atoms with Crippen LogP contribution in [0.1, 0.15) is 70.7 Å². The Kier molecular flexibility index (Phi) is 7.86. The monoisotopic (exact) mass is 479 g/mol. The molecule has 2 atom stereocenters. The van der Waals surface area contributed by atoms with Gasteiger partial charge >= 0.3 is 0 Å². The summed E-state index contributed by atoms with van der Waals surface area (Å²) < 4.78 is 32.4. The third-order valence-electron chi connectivity index (χ3n) is 6.33. The van der Waals surface area contributed by atoms with E-state index in [-0.39, 0.29) is 36.0 Å². The number of rotatable bonds is 5. The zero-order valence-electron chi connectivity index (χ0n) is 20.3. The van der Waals surface area contributed by atoms with E-state index in [1.165, 1.54) is 0 Å². The Morgan fingerprint density at radius 1 is 0.970 bits per heavy atom. The molecule has 2 unspecified atom stereocenters. The van der Waals surface area contributed by atoms with Gasteiger partial charge in [-0.3, -0.25) is 9.59 Å². The molecule has 33 heavy (non-hydrogen) atoms. The number of benzene rings is 1. The maximum atomic E-state index is 12.8. The van der Waals surface area contributed by atoms with Gasteiger partial charge < -0.3 is 15.0 Å². The van der Waals surface area contributed by atoms with Crippen LogP contribution in [0.15, 0.2) is 24.3 Å².